The van der Waals surface area contributed by atoms with Crippen molar-refractivity contribution in [2.75, 3.05) is 13.2 Å². The van der Waals surface area contributed by atoms with Gasteiger partial charge in [-0.1, -0.05) is 0 Å². The van der Waals surface area contributed by atoms with Gasteiger partial charge in [0.25, 0.3) is 0 Å². The van der Waals surface area contributed by atoms with Crippen LogP contribution in [0.5, 0.6) is 5.75 Å². The normalized spacial score (nSPS) is 10.8. The number of hydrogen-bond donors (Lipinski definition) is 1. The number of nitrogens with two attached hydrogens (primary N) is 1. The predicted octanol–water partition coefficient (Wildman–Crippen LogP) is 2.85. The van der Waals surface area contributed by atoms with Crippen LogP contribution in [-0.4, -0.2) is 13.2 Å². The van der Waals surface area contributed by atoms with Crippen LogP contribution in [0.25, 0.3) is 0 Å². The van der Waals surface area contributed by atoms with Gasteiger partial charge in [0.05, 0.1) is 12.2 Å². The summed E-state index contributed by atoms with van der Waals surface area (Å²) in [6, 6.07) is 4.61. The van der Waals surface area contributed by atoms with Crippen molar-refractivity contribution in [3.05, 3.63) is 29.8 Å². The van der Waals surface area contributed by atoms with Crippen molar-refractivity contribution < 1.29 is 17.9 Å². The number of alkyl halides is 3. The van der Waals surface area contributed by atoms with Gasteiger partial charge in [-0.25, -0.2) is 0 Å². The minimum Gasteiger partial charge on any atom is -0.494 e. The van der Waals surface area contributed by atoms with Crippen molar-refractivity contribution in [2.24, 2.45) is 5.73 Å². The smallest absolute Gasteiger partial charge is 0.416 e. The van der Waals surface area contributed by atoms with E-state index in [1.165, 1.54) is 12.1 Å². The summed E-state index contributed by atoms with van der Waals surface area (Å²) in [7, 11) is 0. The molecule has 0 aromatic heterocycles. The number of hydrogen-bond acceptors (Lipinski definition) is 2. The van der Waals surface area contributed by atoms with E-state index in [-0.39, 0.29) is 12.4 Å². The molecule has 2 nitrogen and oxygen atoms in total. The van der Waals surface area contributed by atoms with Crippen LogP contribution in [0.3, 0.4) is 0 Å². The Bertz CT molecular complexity index is 300. The molecule has 16 heavy (non-hydrogen) atoms. The third kappa shape index (κ3) is 4.72. The lowest BCUT2D eigenvalue weighted by Crippen LogP contribution is -2.07. The first kappa shape index (κ1) is 15.1. The van der Waals surface area contributed by atoms with E-state index >= 15 is 0 Å². The third-order valence-electron chi connectivity index (χ3n) is 1.80. The summed E-state index contributed by atoms with van der Waals surface area (Å²) >= 11 is 0. The number of halogens is 4. The van der Waals surface area contributed by atoms with E-state index in [1.807, 2.05) is 0 Å². The average molecular weight is 256 g/mol. The lowest BCUT2D eigenvalue weighted by atomic mass is 10.2. The van der Waals surface area contributed by atoms with Gasteiger partial charge in [-0.2, -0.15) is 13.2 Å². The summed E-state index contributed by atoms with van der Waals surface area (Å²) in [6.07, 6.45) is -3.61. The standard InChI is InChI=1S/C10H12F3NO.ClH/c11-10(12,13)8-2-4-9(5-3-8)15-7-1-6-14;/h2-5H,1,6-7,14H2;1H. The van der Waals surface area contributed by atoms with Crippen molar-refractivity contribution in [2.45, 2.75) is 12.6 Å². The van der Waals surface area contributed by atoms with Crippen molar-refractivity contribution in [3.63, 3.8) is 0 Å². The number of rotatable bonds is 4. The van der Waals surface area contributed by atoms with Gasteiger partial charge in [0, 0.05) is 0 Å². The second kappa shape index (κ2) is 6.60. The molecule has 92 valence electrons. The molecular formula is C10H13ClF3NO. The van der Waals surface area contributed by atoms with Gasteiger partial charge in [0.1, 0.15) is 5.75 Å². The van der Waals surface area contributed by atoms with Gasteiger partial charge >= 0.3 is 6.18 Å². The van der Waals surface area contributed by atoms with Crippen LogP contribution in [0, 0.1) is 0 Å². The first-order chi connectivity index (χ1) is 7.04. The first-order valence-electron chi connectivity index (χ1n) is 4.54. The van der Waals surface area contributed by atoms with Crippen molar-refractivity contribution in [1.29, 1.82) is 0 Å². The maximum Gasteiger partial charge on any atom is 0.416 e. The van der Waals surface area contributed by atoms with Gasteiger partial charge in [-0.15, -0.1) is 12.4 Å². The van der Waals surface area contributed by atoms with Gasteiger partial charge < -0.3 is 10.5 Å². The summed E-state index contributed by atoms with van der Waals surface area (Å²) in [5, 5.41) is 0. The van der Waals surface area contributed by atoms with E-state index < -0.39 is 11.7 Å². The molecule has 6 heteroatoms. The molecule has 1 aromatic rings. The topological polar surface area (TPSA) is 35.2 Å². The second-order valence-electron chi connectivity index (χ2n) is 3.01. The molecule has 0 spiro atoms. The fraction of sp³-hybridized carbons (Fsp3) is 0.400. The lowest BCUT2D eigenvalue weighted by Gasteiger charge is -2.08. The fourth-order valence-electron chi connectivity index (χ4n) is 1.01. The molecule has 1 rings (SSSR count). The van der Waals surface area contributed by atoms with E-state index in [0.29, 0.717) is 25.3 Å². The summed E-state index contributed by atoms with van der Waals surface area (Å²) in [5.41, 5.74) is 4.57. The average Bonchev–Trinajstić information content (AvgIpc) is 2.18. The van der Waals surface area contributed by atoms with Gasteiger partial charge in [0.15, 0.2) is 0 Å². The van der Waals surface area contributed by atoms with Crippen LogP contribution in [0.1, 0.15) is 12.0 Å². The van der Waals surface area contributed by atoms with Crippen LogP contribution >= 0.6 is 12.4 Å². The largest absolute Gasteiger partial charge is 0.494 e. The molecule has 0 aliphatic heterocycles. The van der Waals surface area contributed by atoms with Gasteiger partial charge in [0.2, 0.25) is 0 Å². The molecule has 0 unspecified atom stereocenters. The molecule has 0 saturated heterocycles. The summed E-state index contributed by atoms with van der Waals surface area (Å²) in [6.45, 7) is 0.919. The Morgan fingerprint density at radius 3 is 2.12 bits per heavy atom. The Kier molecular flexibility index (Phi) is 6.21. The SMILES string of the molecule is Cl.NCCCOc1ccc(C(F)(F)F)cc1. The highest BCUT2D eigenvalue weighted by Gasteiger charge is 2.29. The molecule has 0 aliphatic rings. The highest BCUT2D eigenvalue weighted by atomic mass is 35.5. The Morgan fingerprint density at radius 2 is 1.69 bits per heavy atom. The molecular weight excluding hydrogens is 243 g/mol. The van der Waals surface area contributed by atoms with E-state index in [0.717, 1.165) is 12.1 Å². The van der Waals surface area contributed by atoms with Crippen molar-refractivity contribution in [1.82, 2.24) is 0 Å². The molecule has 0 aliphatic carbocycles. The first-order valence-corrected chi connectivity index (χ1v) is 4.54. The minimum atomic E-state index is -4.30. The van der Waals surface area contributed by atoms with Crippen LogP contribution < -0.4 is 10.5 Å². The van der Waals surface area contributed by atoms with Crippen LogP contribution in [0.15, 0.2) is 24.3 Å². The zero-order valence-electron chi connectivity index (χ0n) is 8.46. The molecule has 0 atom stereocenters. The third-order valence-corrected chi connectivity index (χ3v) is 1.80. The Hall–Kier alpha value is -0.940. The zero-order chi connectivity index (χ0) is 11.3. The van der Waals surface area contributed by atoms with Gasteiger partial charge in [-0.3, -0.25) is 0 Å². The van der Waals surface area contributed by atoms with Crippen molar-refractivity contribution in [3.8, 4) is 5.75 Å². The molecule has 0 bridgehead atoms. The molecule has 0 radical (unpaired) electrons. The summed E-state index contributed by atoms with van der Waals surface area (Å²) in [4.78, 5) is 0. The van der Waals surface area contributed by atoms with Crippen LogP contribution in [-0.2, 0) is 6.18 Å². The Morgan fingerprint density at radius 1 is 1.12 bits per heavy atom. The number of benzene rings is 1. The molecule has 0 heterocycles. The van der Waals surface area contributed by atoms with Crippen LogP contribution in [0.2, 0.25) is 0 Å². The fourth-order valence-corrected chi connectivity index (χ4v) is 1.01. The van der Waals surface area contributed by atoms with E-state index in [1.54, 1.807) is 0 Å². The maximum absolute atomic E-state index is 12.2. The minimum absolute atomic E-state index is 0. The second-order valence-corrected chi connectivity index (χ2v) is 3.01. The molecule has 1 aromatic carbocycles. The Labute approximate surface area is 98.0 Å². The monoisotopic (exact) mass is 255 g/mol. The molecule has 0 saturated carbocycles. The van der Waals surface area contributed by atoms with Crippen LogP contribution in [0.4, 0.5) is 13.2 Å². The predicted molar refractivity (Wildman–Crippen MR) is 57.9 cm³/mol. The Balaban J connectivity index is 0.00000225. The van der Waals surface area contributed by atoms with E-state index in [9.17, 15) is 13.2 Å². The van der Waals surface area contributed by atoms with E-state index in [2.05, 4.69) is 0 Å². The van der Waals surface area contributed by atoms with E-state index in [4.69, 9.17) is 10.5 Å². The highest BCUT2D eigenvalue weighted by Crippen LogP contribution is 2.30. The maximum atomic E-state index is 12.2. The lowest BCUT2D eigenvalue weighted by molar-refractivity contribution is -0.137. The molecule has 0 amide bonds. The molecule has 2 N–H and O–H groups in total. The van der Waals surface area contributed by atoms with Gasteiger partial charge in [-0.05, 0) is 37.2 Å². The molecule has 0 fully saturated rings. The quantitative estimate of drug-likeness (QED) is 0.840. The highest BCUT2D eigenvalue weighted by molar-refractivity contribution is 5.85. The van der Waals surface area contributed by atoms with Crippen molar-refractivity contribution >= 4 is 12.4 Å². The zero-order valence-corrected chi connectivity index (χ0v) is 9.27. The number of ether oxygens (including phenoxy) is 1. The summed E-state index contributed by atoms with van der Waals surface area (Å²) < 4.78 is 41.7. The summed E-state index contributed by atoms with van der Waals surface area (Å²) in [5.74, 6) is 0.427.